The number of non-ortho nitro benzene ring substituents is 1. The third-order valence-corrected chi connectivity index (χ3v) is 3.30. The second-order valence-corrected chi connectivity index (χ2v) is 5.07. The maximum absolute atomic E-state index is 12.1. The molecule has 2 aromatic rings. The van der Waals surface area contributed by atoms with Crippen LogP contribution in [0.3, 0.4) is 0 Å². The second-order valence-electron chi connectivity index (χ2n) is 5.07. The molecule has 0 aliphatic heterocycles. The van der Waals surface area contributed by atoms with Gasteiger partial charge in [0.15, 0.2) is 6.10 Å². The lowest BCUT2D eigenvalue weighted by Gasteiger charge is -2.14. The van der Waals surface area contributed by atoms with Crippen LogP contribution in [0, 0.1) is 10.1 Å². The molecule has 2 aromatic carbocycles. The Morgan fingerprint density at radius 3 is 2.44 bits per heavy atom. The Labute approximate surface area is 143 Å². The number of nitro groups is 1. The Kier molecular flexibility index (Phi) is 5.67. The molecule has 8 heteroatoms. The first-order valence-electron chi connectivity index (χ1n) is 7.31. The largest absolute Gasteiger partial charge is 0.497 e. The van der Waals surface area contributed by atoms with Crippen molar-refractivity contribution in [2.45, 2.75) is 13.0 Å². The van der Waals surface area contributed by atoms with Gasteiger partial charge < -0.3 is 14.8 Å². The van der Waals surface area contributed by atoms with Gasteiger partial charge in [-0.1, -0.05) is 6.07 Å². The van der Waals surface area contributed by atoms with E-state index in [4.69, 9.17) is 9.47 Å². The molecule has 0 saturated heterocycles. The summed E-state index contributed by atoms with van der Waals surface area (Å²) in [6.07, 6.45) is -1.05. The molecule has 0 unspecified atom stereocenters. The Balaban J connectivity index is 1.97. The molecule has 25 heavy (non-hydrogen) atoms. The van der Waals surface area contributed by atoms with E-state index in [1.165, 1.54) is 38.3 Å². The van der Waals surface area contributed by atoms with Crippen LogP contribution >= 0.6 is 0 Å². The normalized spacial score (nSPS) is 11.3. The summed E-state index contributed by atoms with van der Waals surface area (Å²) in [6.45, 7) is 1.43. The van der Waals surface area contributed by atoms with Gasteiger partial charge in [0.25, 0.3) is 11.6 Å². The van der Waals surface area contributed by atoms with Gasteiger partial charge in [0.05, 0.1) is 17.6 Å². The molecule has 0 aromatic heterocycles. The van der Waals surface area contributed by atoms with E-state index >= 15 is 0 Å². The molecule has 0 spiro atoms. The summed E-state index contributed by atoms with van der Waals surface area (Å²) in [5.74, 6) is -0.681. The number of carbonyl (C=O) groups is 2. The lowest BCUT2D eigenvalue weighted by atomic mass is 10.2. The Bertz CT molecular complexity index is 788. The van der Waals surface area contributed by atoms with E-state index in [9.17, 15) is 19.7 Å². The van der Waals surface area contributed by atoms with Gasteiger partial charge in [-0.25, -0.2) is 4.79 Å². The molecule has 0 saturated carbocycles. The molecular weight excluding hydrogens is 328 g/mol. The van der Waals surface area contributed by atoms with Crippen LogP contribution in [0.4, 0.5) is 11.4 Å². The third-order valence-electron chi connectivity index (χ3n) is 3.30. The van der Waals surface area contributed by atoms with Crippen LogP contribution in [0.15, 0.2) is 48.5 Å². The first kappa shape index (κ1) is 17.9. The Hall–Kier alpha value is -3.42. The van der Waals surface area contributed by atoms with Crippen molar-refractivity contribution in [3.8, 4) is 5.75 Å². The van der Waals surface area contributed by atoms with Crippen LogP contribution in [0.1, 0.15) is 17.3 Å². The molecule has 1 N–H and O–H groups in total. The lowest BCUT2D eigenvalue weighted by Crippen LogP contribution is -2.30. The summed E-state index contributed by atoms with van der Waals surface area (Å²) >= 11 is 0. The average Bonchev–Trinajstić information content (AvgIpc) is 2.61. The van der Waals surface area contributed by atoms with Gasteiger partial charge in [-0.2, -0.15) is 0 Å². The summed E-state index contributed by atoms with van der Waals surface area (Å²) < 4.78 is 10.1. The number of nitrogens with zero attached hydrogens (tertiary/aromatic N) is 1. The van der Waals surface area contributed by atoms with Crippen LogP contribution in [0.5, 0.6) is 5.75 Å². The third kappa shape index (κ3) is 4.77. The molecule has 8 nitrogen and oxygen atoms in total. The number of hydrogen-bond donors (Lipinski definition) is 1. The van der Waals surface area contributed by atoms with E-state index in [1.54, 1.807) is 24.3 Å². The zero-order valence-corrected chi connectivity index (χ0v) is 13.6. The van der Waals surface area contributed by atoms with E-state index < -0.39 is 22.9 Å². The minimum Gasteiger partial charge on any atom is -0.497 e. The van der Waals surface area contributed by atoms with Crippen LogP contribution in [0.25, 0.3) is 0 Å². The lowest BCUT2D eigenvalue weighted by molar-refractivity contribution is -0.384. The van der Waals surface area contributed by atoms with Crippen LogP contribution in [-0.2, 0) is 9.53 Å². The fourth-order valence-electron chi connectivity index (χ4n) is 1.95. The molecule has 1 atom stereocenters. The zero-order chi connectivity index (χ0) is 18.4. The molecule has 0 heterocycles. The monoisotopic (exact) mass is 344 g/mol. The molecule has 130 valence electrons. The molecule has 0 aliphatic carbocycles. The van der Waals surface area contributed by atoms with Crippen LogP contribution in [-0.4, -0.2) is 30.0 Å². The number of amides is 1. The van der Waals surface area contributed by atoms with Gasteiger partial charge in [-0.15, -0.1) is 0 Å². The summed E-state index contributed by atoms with van der Waals surface area (Å²) in [7, 11) is 1.51. The van der Waals surface area contributed by atoms with Gasteiger partial charge in [0, 0.05) is 23.9 Å². The van der Waals surface area contributed by atoms with E-state index in [0.29, 0.717) is 11.4 Å². The number of ether oxygens (including phenoxy) is 2. The number of nitrogens with one attached hydrogen (secondary N) is 1. The smallest absolute Gasteiger partial charge is 0.338 e. The van der Waals surface area contributed by atoms with Gasteiger partial charge in [0.2, 0.25) is 0 Å². The predicted octanol–water partition coefficient (Wildman–Crippen LogP) is 2.79. The average molecular weight is 344 g/mol. The van der Waals surface area contributed by atoms with Crippen molar-refractivity contribution in [2.75, 3.05) is 12.4 Å². The molecule has 0 radical (unpaired) electrons. The second kappa shape index (κ2) is 7.91. The Morgan fingerprint density at radius 2 is 1.84 bits per heavy atom. The fraction of sp³-hybridized carbons (Fsp3) is 0.176. The summed E-state index contributed by atoms with van der Waals surface area (Å²) in [6, 6.07) is 11.7. The number of esters is 1. The molecule has 0 aliphatic rings. The minimum atomic E-state index is -1.05. The maximum atomic E-state index is 12.1. The van der Waals surface area contributed by atoms with E-state index in [0.717, 1.165) is 0 Å². The molecule has 2 rings (SSSR count). The quantitative estimate of drug-likeness (QED) is 0.490. The topological polar surface area (TPSA) is 108 Å². The van der Waals surface area contributed by atoms with E-state index in [2.05, 4.69) is 5.32 Å². The highest BCUT2D eigenvalue weighted by atomic mass is 16.6. The van der Waals surface area contributed by atoms with E-state index in [-0.39, 0.29) is 11.3 Å². The van der Waals surface area contributed by atoms with Gasteiger partial charge >= 0.3 is 5.97 Å². The molecule has 0 bridgehead atoms. The number of anilines is 1. The van der Waals surface area contributed by atoms with Crippen molar-refractivity contribution in [2.24, 2.45) is 0 Å². The minimum absolute atomic E-state index is 0.117. The summed E-state index contributed by atoms with van der Waals surface area (Å²) in [5, 5.41) is 13.2. The highest BCUT2D eigenvalue weighted by molar-refractivity contribution is 5.97. The molecule has 1 amide bonds. The zero-order valence-electron chi connectivity index (χ0n) is 13.6. The standard InChI is InChI=1S/C17H16N2O6/c1-11(16(20)18-13-4-3-5-15(10-13)24-2)25-17(21)12-6-8-14(9-7-12)19(22)23/h3-11H,1-2H3,(H,18,20)/t11-/m0/s1. The number of methoxy groups -OCH3 is 1. The Morgan fingerprint density at radius 1 is 1.16 bits per heavy atom. The maximum Gasteiger partial charge on any atom is 0.338 e. The number of benzene rings is 2. The highest BCUT2D eigenvalue weighted by Gasteiger charge is 2.19. The number of nitro benzene ring substituents is 1. The van der Waals surface area contributed by atoms with Crippen molar-refractivity contribution in [1.29, 1.82) is 0 Å². The number of hydrogen-bond acceptors (Lipinski definition) is 6. The number of rotatable bonds is 6. The highest BCUT2D eigenvalue weighted by Crippen LogP contribution is 2.17. The first-order chi connectivity index (χ1) is 11.9. The SMILES string of the molecule is COc1cccc(NC(=O)[C@H](C)OC(=O)c2ccc([N+](=O)[O-])cc2)c1. The van der Waals surface area contributed by atoms with Crippen LogP contribution < -0.4 is 10.1 Å². The van der Waals surface area contributed by atoms with Crippen molar-refractivity contribution in [1.82, 2.24) is 0 Å². The van der Waals surface area contributed by atoms with Crippen molar-refractivity contribution < 1.29 is 24.0 Å². The molecule has 0 fully saturated rings. The predicted molar refractivity (Wildman–Crippen MR) is 89.6 cm³/mol. The summed E-state index contributed by atoms with van der Waals surface area (Å²) in [5.41, 5.74) is 0.481. The van der Waals surface area contributed by atoms with Crippen molar-refractivity contribution in [3.63, 3.8) is 0 Å². The molecular formula is C17H16N2O6. The van der Waals surface area contributed by atoms with Gasteiger partial charge in [-0.05, 0) is 31.2 Å². The van der Waals surface area contributed by atoms with Gasteiger partial charge in [0.1, 0.15) is 5.75 Å². The van der Waals surface area contributed by atoms with E-state index in [1.807, 2.05) is 0 Å². The fourth-order valence-corrected chi connectivity index (χ4v) is 1.95. The first-order valence-corrected chi connectivity index (χ1v) is 7.31. The number of carbonyl (C=O) groups excluding carboxylic acids is 2. The van der Waals surface area contributed by atoms with Gasteiger partial charge in [-0.3, -0.25) is 14.9 Å². The van der Waals surface area contributed by atoms with Crippen LogP contribution in [0.2, 0.25) is 0 Å². The van der Waals surface area contributed by atoms with Crippen molar-refractivity contribution in [3.05, 3.63) is 64.2 Å². The van der Waals surface area contributed by atoms with Crippen molar-refractivity contribution >= 4 is 23.3 Å². The summed E-state index contributed by atoms with van der Waals surface area (Å²) in [4.78, 5) is 34.1.